The van der Waals surface area contributed by atoms with E-state index in [9.17, 15) is 4.39 Å². The average molecular weight is 439 g/mol. The van der Waals surface area contributed by atoms with Gasteiger partial charge in [0.25, 0.3) is 0 Å². The van der Waals surface area contributed by atoms with Gasteiger partial charge in [-0.2, -0.15) is 11.8 Å². The van der Waals surface area contributed by atoms with Crippen molar-refractivity contribution >= 4 is 41.7 Å². The van der Waals surface area contributed by atoms with Crippen LogP contribution in [0, 0.1) is 5.82 Å². The summed E-state index contributed by atoms with van der Waals surface area (Å²) in [5.41, 5.74) is 5.97. The molecule has 1 aromatic carbocycles. The molecule has 1 heterocycles. The van der Waals surface area contributed by atoms with Crippen molar-refractivity contribution < 1.29 is 9.13 Å². The average Bonchev–Trinajstić information content (AvgIpc) is 2.53. The summed E-state index contributed by atoms with van der Waals surface area (Å²) in [6.45, 7) is 3.32. The van der Waals surface area contributed by atoms with Gasteiger partial charge in [0, 0.05) is 31.1 Å². The number of nitrogens with zero attached hydrogens (tertiary/aromatic N) is 2. The Balaban J connectivity index is 0.00000242. The minimum atomic E-state index is -0.247. The Labute approximate surface area is 152 Å². The standard InChI is InChI=1S/C15H22FN3OS.HI/c16-13-3-5-14(6-4-13)20-10-2-1-7-18-15(17)19-8-11-21-12-9-19;/h3-6H,1-2,7-12H2,(H2,17,18);1H. The molecule has 0 bridgehead atoms. The molecule has 0 radical (unpaired) electrons. The zero-order valence-electron chi connectivity index (χ0n) is 12.5. The van der Waals surface area contributed by atoms with Crippen molar-refractivity contribution in [1.82, 2.24) is 4.90 Å². The molecule has 1 aromatic rings. The maximum Gasteiger partial charge on any atom is 0.191 e. The van der Waals surface area contributed by atoms with Crippen LogP contribution in [0.2, 0.25) is 0 Å². The second-order valence-corrected chi connectivity index (χ2v) is 6.07. The summed E-state index contributed by atoms with van der Waals surface area (Å²) >= 11 is 1.96. The molecule has 0 aromatic heterocycles. The van der Waals surface area contributed by atoms with E-state index in [4.69, 9.17) is 10.5 Å². The fourth-order valence-electron chi connectivity index (χ4n) is 2.02. The summed E-state index contributed by atoms with van der Waals surface area (Å²) in [6.07, 6.45) is 1.84. The Hall–Kier alpha value is -0.700. The molecule has 0 amide bonds. The van der Waals surface area contributed by atoms with Crippen molar-refractivity contribution in [3.63, 3.8) is 0 Å². The number of aliphatic imine (C=N–C) groups is 1. The number of ether oxygens (including phenoxy) is 1. The quantitative estimate of drug-likeness (QED) is 0.321. The normalized spacial score (nSPS) is 15.3. The molecule has 1 saturated heterocycles. The van der Waals surface area contributed by atoms with E-state index in [1.807, 2.05) is 11.8 Å². The van der Waals surface area contributed by atoms with E-state index in [1.54, 1.807) is 12.1 Å². The molecule has 1 aliphatic heterocycles. The second-order valence-electron chi connectivity index (χ2n) is 4.85. The lowest BCUT2D eigenvalue weighted by Gasteiger charge is -2.27. The van der Waals surface area contributed by atoms with Crippen LogP contribution < -0.4 is 10.5 Å². The number of unbranched alkanes of at least 4 members (excludes halogenated alkanes) is 1. The van der Waals surface area contributed by atoms with Gasteiger partial charge in [-0.15, -0.1) is 24.0 Å². The van der Waals surface area contributed by atoms with E-state index in [0.29, 0.717) is 18.3 Å². The fourth-order valence-corrected chi connectivity index (χ4v) is 2.92. The van der Waals surface area contributed by atoms with Crippen molar-refractivity contribution in [1.29, 1.82) is 0 Å². The zero-order chi connectivity index (χ0) is 14.9. The van der Waals surface area contributed by atoms with Crippen LogP contribution in [-0.2, 0) is 0 Å². The first kappa shape index (κ1) is 19.3. The highest BCUT2D eigenvalue weighted by Gasteiger charge is 2.11. The Morgan fingerprint density at radius 2 is 1.91 bits per heavy atom. The Morgan fingerprint density at radius 1 is 1.23 bits per heavy atom. The largest absolute Gasteiger partial charge is 0.494 e. The number of hydrogen-bond acceptors (Lipinski definition) is 3. The molecule has 0 saturated carbocycles. The summed E-state index contributed by atoms with van der Waals surface area (Å²) in [4.78, 5) is 6.55. The van der Waals surface area contributed by atoms with Crippen LogP contribution in [0.15, 0.2) is 29.3 Å². The lowest BCUT2D eigenvalue weighted by Crippen LogP contribution is -2.42. The van der Waals surface area contributed by atoms with Crippen molar-refractivity contribution in [3.05, 3.63) is 30.1 Å². The molecule has 1 aliphatic rings. The van der Waals surface area contributed by atoms with Crippen LogP contribution in [0.5, 0.6) is 5.75 Å². The topological polar surface area (TPSA) is 50.9 Å². The molecule has 1 fully saturated rings. The Bertz CT molecular complexity index is 453. The van der Waals surface area contributed by atoms with Gasteiger partial charge in [-0.05, 0) is 37.1 Å². The van der Waals surface area contributed by atoms with Gasteiger partial charge in [-0.25, -0.2) is 4.39 Å². The summed E-state index contributed by atoms with van der Waals surface area (Å²) in [5, 5.41) is 0. The van der Waals surface area contributed by atoms with Crippen molar-refractivity contribution in [2.45, 2.75) is 12.8 Å². The third-order valence-electron chi connectivity index (χ3n) is 3.24. The third-order valence-corrected chi connectivity index (χ3v) is 4.19. The number of nitrogens with two attached hydrogens (primary N) is 1. The van der Waals surface area contributed by atoms with Gasteiger partial charge in [0.1, 0.15) is 11.6 Å². The molecular formula is C15H23FIN3OS. The first-order chi connectivity index (χ1) is 10.3. The SMILES string of the molecule is I.NC(=NCCCCOc1ccc(F)cc1)N1CCSCC1. The smallest absolute Gasteiger partial charge is 0.191 e. The van der Waals surface area contributed by atoms with Crippen LogP contribution in [0.3, 0.4) is 0 Å². The van der Waals surface area contributed by atoms with E-state index < -0.39 is 0 Å². The summed E-state index contributed by atoms with van der Waals surface area (Å²) in [7, 11) is 0. The van der Waals surface area contributed by atoms with Gasteiger partial charge in [-0.3, -0.25) is 4.99 Å². The lowest BCUT2D eigenvalue weighted by molar-refractivity contribution is 0.307. The number of thioether (sulfide) groups is 1. The zero-order valence-corrected chi connectivity index (χ0v) is 15.7. The van der Waals surface area contributed by atoms with Crippen LogP contribution in [0.25, 0.3) is 0 Å². The maximum absolute atomic E-state index is 12.7. The highest BCUT2D eigenvalue weighted by molar-refractivity contribution is 14.0. The van der Waals surface area contributed by atoms with E-state index in [-0.39, 0.29) is 29.8 Å². The molecule has 0 aliphatic carbocycles. The van der Waals surface area contributed by atoms with E-state index in [0.717, 1.165) is 44.0 Å². The van der Waals surface area contributed by atoms with E-state index >= 15 is 0 Å². The first-order valence-electron chi connectivity index (χ1n) is 7.27. The van der Waals surface area contributed by atoms with E-state index in [2.05, 4.69) is 9.89 Å². The predicted molar refractivity (Wildman–Crippen MR) is 102 cm³/mol. The minimum absolute atomic E-state index is 0. The van der Waals surface area contributed by atoms with Gasteiger partial charge in [0.05, 0.1) is 6.61 Å². The number of halogens is 2. The molecule has 124 valence electrons. The van der Waals surface area contributed by atoms with Crippen LogP contribution in [0.4, 0.5) is 4.39 Å². The maximum atomic E-state index is 12.7. The van der Waals surface area contributed by atoms with Gasteiger partial charge >= 0.3 is 0 Å². The molecule has 22 heavy (non-hydrogen) atoms. The van der Waals surface area contributed by atoms with Gasteiger partial charge in [0.2, 0.25) is 0 Å². The summed E-state index contributed by atoms with van der Waals surface area (Å²) in [5.74, 6) is 3.37. The van der Waals surface area contributed by atoms with Crippen molar-refractivity contribution in [3.8, 4) is 5.75 Å². The molecule has 4 nitrogen and oxygen atoms in total. The van der Waals surface area contributed by atoms with Crippen LogP contribution in [-0.4, -0.2) is 48.6 Å². The highest BCUT2D eigenvalue weighted by atomic mass is 127. The van der Waals surface area contributed by atoms with Gasteiger partial charge in [0.15, 0.2) is 5.96 Å². The predicted octanol–water partition coefficient (Wildman–Crippen LogP) is 2.97. The number of guanidine groups is 1. The summed E-state index contributed by atoms with van der Waals surface area (Å²) in [6, 6.07) is 6.08. The van der Waals surface area contributed by atoms with Gasteiger partial charge < -0.3 is 15.4 Å². The van der Waals surface area contributed by atoms with Crippen molar-refractivity contribution in [2.75, 3.05) is 37.7 Å². The molecule has 2 N–H and O–H groups in total. The van der Waals surface area contributed by atoms with Gasteiger partial charge in [-0.1, -0.05) is 0 Å². The Kier molecular flexibility index (Phi) is 9.61. The van der Waals surface area contributed by atoms with Crippen molar-refractivity contribution in [2.24, 2.45) is 10.7 Å². The van der Waals surface area contributed by atoms with Crippen LogP contribution >= 0.6 is 35.7 Å². The Morgan fingerprint density at radius 3 is 2.59 bits per heavy atom. The third kappa shape index (κ3) is 7.04. The fraction of sp³-hybridized carbons (Fsp3) is 0.533. The molecule has 0 unspecified atom stereocenters. The monoisotopic (exact) mass is 439 g/mol. The molecule has 2 rings (SSSR count). The highest BCUT2D eigenvalue weighted by Crippen LogP contribution is 2.11. The number of rotatable bonds is 6. The number of hydrogen-bond donors (Lipinski definition) is 1. The molecule has 0 spiro atoms. The molecule has 0 atom stereocenters. The molecule has 7 heteroatoms. The van der Waals surface area contributed by atoms with E-state index in [1.165, 1.54) is 12.1 Å². The van der Waals surface area contributed by atoms with Crippen LogP contribution in [0.1, 0.15) is 12.8 Å². The minimum Gasteiger partial charge on any atom is -0.494 e. The second kappa shape index (κ2) is 10.9. The number of benzene rings is 1. The lowest BCUT2D eigenvalue weighted by atomic mass is 10.3. The summed E-state index contributed by atoms with van der Waals surface area (Å²) < 4.78 is 18.2. The first-order valence-corrected chi connectivity index (χ1v) is 8.42. The molecular weight excluding hydrogens is 416 g/mol.